The molecule has 4 aromatic rings. The van der Waals surface area contributed by atoms with Crippen molar-refractivity contribution in [3.63, 3.8) is 0 Å². The van der Waals surface area contributed by atoms with Crippen LogP contribution in [0.25, 0.3) is 16.7 Å². The molecule has 1 N–H and O–H groups in total. The Morgan fingerprint density at radius 2 is 1.53 bits per heavy atom. The summed E-state index contributed by atoms with van der Waals surface area (Å²) in [6, 6.07) is 19.5. The number of anilines is 1. The summed E-state index contributed by atoms with van der Waals surface area (Å²) >= 11 is 5.90. The summed E-state index contributed by atoms with van der Waals surface area (Å²) in [5.74, 6) is 1.53. The second-order valence-electron chi connectivity index (χ2n) is 10.8. The zero-order chi connectivity index (χ0) is 32.3. The summed E-state index contributed by atoms with van der Waals surface area (Å²) in [7, 11) is 2.99. The molecule has 0 saturated heterocycles. The Kier molecular flexibility index (Phi) is 8.87. The van der Waals surface area contributed by atoms with Gasteiger partial charge in [0.15, 0.2) is 11.5 Å². The Morgan fingerprint density at radius 1 is 0.867 bits per heavy atom. The predicted octanol–water partition coefficient (Wildman–Crippen LogP) is 8.70. The van der Waals surface area contributed by atoms with Gasteiger partial charge < -0.3 is 29.0 Å². The van der Waals surface area contributed by atoms with E-state index in [-0.39, 0.29) is 35.1 Å². The van der Waals surface area contributed by atoms with Crippen molar-refractivity contribution in [2.24, 2.45) is 0 Å². The molecule has 0 amide bonds. The van der Waals surface area contributed by atoms with Crippen LogP contribution >= 0.6 is 11.6 Å². The lowest BCUT2D eigenvalue weighted by molar-refractivity contribution is -0.385. The highest BCUT2D eigenvalue weighted by Crippen LogP contribution is 2.44. The minimum Gasteiger partial charge on any atom is -0.496 e. The zero-order valence-corrected chi connectivity index (χ0v) is 26.1. The molecule has 0 aliphatic carbocycles. The van der Waals surface area contributed by atoms with Crippen LogP contribution in [0, 0.1) is 10.1 Å². The first-order valence-electron chi connectivity index (χ1n) is 13.9. The summed E-state index contributed by atoms with van der Waals surface area (Å²) in [6.07, 6.45) is 1.21. The summed E-state index contributed by atoms with van der Waals surface area (Å²) in [5, 5.41) is 15.5. The smallest absolute Gasteiger partial charge is 0.496 e. The van der Waals surface area contributed by atoms with E-state index in [0.717, 1.165) is 28.0 Å². The fourth-order valence-corrected chi connectivity index (χ4v) is 5.44. The van der Waals surface area contributed by atoms with Crippen molar-refractivity contribution < 1.29 is 33.4 Å². The third kappa shape index (κ3) is 6.97. The molecule has 0 bridgehead atoms. The molecule has 5 rings (SSSR count). The first kappa shape index (κ1) is 31.2. The number of nitro groups is 1. The number of nitrogens with one attached hydrogen (secondary N) is 1. The van der Waals surface area contributed by atoms with Gasteiger partial charge in [-0.1, -0.05) is 23.7 Å². The topological polar surface area (TPSA) is 118 Å². The molecule has 0 saturated carbocycles. The van der Waals surface area contributed by atoms with Crippen LogP contribution in [-0.4, -0.2) is 30.8 Å². The Morgan fingerprint density at radius 3 is 2.22 bits per heavy atom. The third-order valence-electron chi connectivity index (χ3n) is 7.15. The average molecular weight is 631 g/mol. The van der Waals surface area contributed by atoms with Crippen molar-refractivity contribution in [2.75, 3.05) is 19.5 Å². The Hall–Kier alpha value is -5.22. The molecule has 1 heterocycles. The number of ether oxygens (including phenoxy) is 5. The number of methoxy groups -OCH3 is 2. The summed E-state index contributed by atoms with van der Waals surface area (Å²) in [6.45, 7) is 6.25. The summed E-state index contributed by atoms with van der Waals surface area (Å²) in [4.78, 5) is 23.4. The Bertz CT molecular complexity index is 1800. The van der Waals surface area contributed by atoms with E-state index in [9.17, 15) is 14.9 Å². The number of rotatable bonds is 9. The Labute approximate surface area is 265 Å². The number of hydrogen-bond acceptors (Lipinski definition) is 9. The highest BCUT2D eigenvalue weighted by molar-refractivity contribution is 6.30. The molecule has 232 valence electrons. The number of nitro benzene ring substituents is 1. The van der Waals surface area contributed by atoms with Crippen molar-refractivity contribution in [3.8, 4) is 39.9 Å². The molecule has 0 spiro atoms. The third-order valence-corrected chi connectivity index (χ3v) is 7.40. The van der Waals surface area contributed by atoms with E-state index in [2.05, 4.69) is 25.2 Å². The highest BCUT2D eigenvalue weighted by atomic mass is 35.5. The van der Waals surface area contributed by atoms with Crippen LogP contribution in [0.2, 0.25) is 5.02 Å². The largest absolute Gasteiger partial charge is 0.519 e. The lowest BCUT2D eigenvalue weighted by atomic mass is 9.85. The molecular weight excluding hydrogens is 600 g/mol. The van der Waals surface area contributed by atoms with E-state index in [4.69, 9.17) is 35.3 Å². The first-order valence-corrected chi connectivity index (χ1v) is 14.3. The average Bonchev–Trinajstić information content (AvgIpc) is 3.00. The number of benzene rings is 4. The van der Waals surface area contributed by atoms with Crippen molar-refractivity contribution in [1.82, 2.24) is 0 Å². The molecule has 10 nitrogen and oxygen atoms in total. The van der Waals surface area contributed by atoms with Crippen molar-refractivity contribution >= 4 is 34.7 Å². The van der Waals surface area contributed by atoms with Gasteiger partial charge >= 0.3 is 6.16 Å². The molecular formula is C34H31ClN2O8. The number of nitrogens with zero attached hydrogens (tertiary/aromatic N) is 1. The lowest BCUT2D eigenvalue weighted by Crippen LogP contribution is -2.32. The molecule has 0 atom stereocenters. The molecule has 0 unspecified atom stereocenters. The van der Waals surface area contributed by atoms with Crippen LogP contribution in [0.1, 0.15) is 31.9 Å². The van der Waals surface area contributed by atoms with Crippen molar-refractivity contribution in [3.05, 3.63) is 105 Å². The molecule has 0 radical (unpaired) electrons. The second kappa shape index (κ2) is 12.8. The van der Waals surface area contributed by atoms with Crippen LogP contribution < -0.4 is 29.0 Å². The maximum absolute atomic E-state index is 12.5. The van der Waals surface area contributed by atoms with Gasteiger partial charge in [-0.25, -0.2) is 4.79 Å². The number of fused-ring (bicyclic) bond motifs is 1. The monoisotopic (exact) mass is 630 g/mol. The number of carbonyl (C=O) groups excluding carboxylic acids is 1. The van der Waals surface area contributed by atoms with Gasteiger partial charge in [0.2, 0.25) is 0 Å². The van der Waals surface area contributed by atoms with Gasteiger partial charge in [0.25, 0.3) is 5.69 Å². The lowest BCUT2D eigenvalue weighted by Gasteiger charge is -2.33. The standard InChI is InChI=1S/C34H31ClN2O8/c1-20-18-34(2,3)36-28-14-13-25(27(32(20)28)19-43-31-16-22(37(39)40)8-15-29(31)41-4)26-12-11-24(17-30(26)42-5)45-33(38)44-23-9-6-21(35)7-10-23/h6-18,36H,19H2,1-5H3. The van der Waals surface area contributed by atoms with Gasteiger partial charge in [-0.15, -0.1) is 0 Å². The quantitative estimate of drug-likeness (QED) is 0.0838. The summed E-state index contributed by atoms with van der Waals surface area (Å²) < 4.78 is 28.1. The van der Waals surface area contributed by atoms with Crippen molar-refractivity contribution in [1.29, 1.82) is 0 Å². The van der Waals surface area contributed by atoms with Crippen LogP contribution in [-0.2, 0) is 6.61 Å². The number of halogens is 1. The van der Waals surface area contributed by atoms with Gasteiger partial charge in [0.05, 0.1) is 30.7 Å². The van der Waals surface area contributed by atoms with Gasteiger partial charge in [-0.3, -0.25) is 10.1 Å². The molecule has 0 fully saturated rings. The normalized spacial score (nSPS) is 13.1. The molecule has 45 heavy (non-hydrogen) atoms. The molecule has 4 aromatic carbocycles. The van der Waals surface area contributed by atoms with E-state index in [1.807, 2.05) is 19.1 Å². The van der Waals surface area contributed by atoms with E-state index in [1.54, 1.807) is 42.5 Å². The fourth-order valence-electron chi connectivity index (χ4n) is 5.32. The maximum atomic E-state index is 12.5. The van der Waals surface area contributed by atoms with E-state index < -0.39 is 11.1 Å². The van der Waals surface area contributed by atoms with Gasteiger partial charge in [-0.2, -0.15) is 0 Å². The summed E-state index contributed by atoms with van der Waals surface area (Å²) in [5.41, 5.74) is 4.79. The molecule has 11 heteroatoms. The van der Waals surface area contributed by atoms with E-state index >= 15 is 0 Å². The zero-order valence-electron chi connectivity index (χ0n) is 25.3. The minimum atomic E-state index is -0.921. The minimum absolute atomic E-state index is 0.0537. The highest BCUT2D eigenvalue weighted by Gasteiger charge is 2.27. The van der Waals surface area contributed by atoms with Crippen LogP contribution in [0.5, 0.6) is 28.7 Å². The van der Waals surface area contributed by atoms with Gasteiger partial charge in [-0.05, 0) is 80.4 Å². The maximum Gasteiger partial charge on any atom is 0.519 e. The molecule has 1 aliphatic heterocycles. The van der Waals surface area contributed by atoms with Gasteiger partial charge in [0.1, 0.15) is 23.9 Å². The predicted molar refractivity (Wildman–Crippen MR) is 172 cm³/mol. The first-order chi connectivity index (χ1) is 21.5. The van der Waals surface area contributed by atoms with E-state index in [0.29, 0.717) is 22.1 Å². The molecule has 0 aromatic heterocycles. The fraction of sp³-hybridized carbons (Fsp3) is 0.206. The van der Waals surface area contributed by atoms with Crippen LogP contribution in [0.15, 0.2) is 78.9 Å². The van der Waals surface area contributed by atoms with Gasteiger partial charge in [0, 0.05) is 39.5 Å². The number of carbonyl (C=O) groups is 1. The second-order valence-corrected chi connectivity index (χ2v) is 11.3. The van der Waals surface area contributed by atoms with Crippen molar-refractivity contribution in [2.45, 2.75) is 32.9 Å². The SMILES string of the molecule is COc1ccc([N+](=O)[O-])cc1OCc1c(-c2ccc(OC(=O)Oc3ccc(Cl)cc3)cc2OC)ccc2c1C(C)=CC(C)(C)N2. The molecule has 1 aliphatic rings. The number of hydrogen-bond donors (Lipinski definition) is 1. The van der Waals surface area contributed by atoms with E-state index in [1.165, 1.54) is 32.4 Å². The Balaban J connectivity index is 1.52. The number of allylic oxidation sites excluding steroid dienone is 1. The number of non-ortho nitro benzene ring substituents is 1. The van der Waals surface area contributed by atoms with Crippen LogP contribution in [0.4, 0.5) is 16.2 Å². The van der Waals surface area contributed by atoms with Crippen LogP contribution in [0.3, 0.4) is 0 Å².